The van der Waals surface area contributed by atoms with Crippen molar-refractivity contribution in [3.8, 4) is 11.5 Å². The van der Waals surface area contributed by atoms with Gasteiger partial charge in [-0.1, -0.05) is 19.9 Å². The van der Waals surface area contributed by atoms with E-state index in [9.17, 15) is 22.0 Å². The summed E-state index contributed by atoms with van der Waals surface area (Å²) in [7, 11) is -4.19. The number of piperidine rings is 1. The number of amides is 1. The molecule has 0 bridgehead atoms. The van der Waals surface area contributed by atoms with E-state index in [2.05, 4.69) is 5.32 Å². The molecule has 2 aliphatic rings. The molecule has 1 N–H and O–H groups in total. The molecular weight excluding hydrogens is 466 g/mol. The maximum absolute atomic E-state index is 14.1. The molecule has 10 heteroatoms. The number of fused-ring (bicyclic) bond motifs is 1. The molecule has 1 amide bonds. The van der Waals surface area contributed by atoms with Gasteiger partial charge in [0, 0.05) is 19.0 Å². The second-order valence-electron chi connectivity index (χ2n) is 8.89. The van der Waals surface area contributed by atoms with Gasteiger partial charge >= 0.3 is 0 Å². The van der Waals surface area contributed by atoms with Crippen molar-refractivity contribution in [2.45, 2.75) is 37.6 Å². The van der Waals surface area contributed by atoms with E-state index >= 15 is 0 Å². The van der Waals surface area contributed by atoms with Crippen LogP contribution in [0.5, 0.6) is 11.5 Å². The van der Waals surface area contributed by atoms with Crippen LogP contribution in [0.15, 0.2) is 41.3 Å². The summed E-state index contributed by atoms with van der Waals surface area (Å²) in [5.41, 5.74) is 0.897. The predicted octanol–water partition coefficient (Wildman–Crippen LogP) is 3.65. The van der Waals surface area contributed by atoms with Crippen LogP contribution in [0.25, 0.3) is 0 Å². The van der Waals surface area contributed by atoms with Gasteiger partial charge in [0.05, 0.1) is 6.04 Å². The molecule has 0 aromatic heterocycles. The molecule has 7 nitrogen and oxygen atoms in total. The molecule has 2 aromatic carbocycles. The molecule has 1 unspecified atom stereocenters. The van der Waals surface area contributed by atoms with Crippen LogP contribution >= 0.6 is 0 Å². The van der Waals surface area contributed by atoms with Crippen LogP contribution in [0.4, 0.5) is 8.78 Å². The SMILES string of the molecule is CC(C)C(NC(=O)C1CCN(S(=O)(=O)c2cc(F)ccc2F)CC1)c1ccc2c(c1)OCCO2. The number of nitrogens with one attached hydrogen (secondary N) is 1. The first-order chi connectivity index (χ1) is 16.2. The van der Waals surface area contributed by atoms with Crippen molar-refractivity contribution in [1.29, 1.82) is 0 Å². The largest absolute Gasteiger partial charge is 0.486 e. The number of benzene rings is 2. The molecule has 2 aromatic rings. The van der Waals surface area contributed by atoms with E-state index < -0.39 is 26.6 Å². The lowest BCUT2D eigenvalue weighted by Gasteiger charge is -2.32. The summed E-state index contributed by atoms with van der Waals surface area (Å²) in [5.74, 6) is -0.958. The average molecular weight is 495 g/mol. The highest BCUT2D eigenvalue weighted by atomic mass is 32.2. The lowest BCUT2D eigenvalue weighted by Crippen LogP contribution is -2.44. The second kappa shape index (κ2) is 9.87. The monoisotopic (exact) mass is 494 g/mol. The third kappa shape index (κ3) is 5.02. The minimum Gasteiger partial charge on any atom is -0.486 e. The molecule has 4 rings (SSSR count). The molecule has 0 aliphatic carbocycles. The zero-order valence-electron chi connectivity index (χ0n) is 19.1. The van der Waals surface area contributed by atoms with Crippen LogP contribution < -0.4 is 14.8 Å². The van der Waals surface area contributed by atoms with E-state index in [-0.39, 0.29) is 49.7 Å². The summed E-state index contributed by atoms with van der Waals surface area (Å²) in [5, 5.41) is 3.10. The number of sulfonamides is 1. The molecule has 2 heterocycles. The van der Waals surface area contributed by atoms with Crippen LogP contribution in [0.1, 0.15) is 38.3 Å². The quantitative estimate of drug-likeness (QED) is 0.663. The number of hydrogen-bond donors (Lipinski definition) is 1. The Kier molecular flexibility index (Phi) is 7.09. The zero-order valence-corrected chi connectivity index (χ0v) is 19.9. The van der Waals surface area contributed by atoms with E-state index in [1.807, 2.05) is 32.0 Å². The first-order valence-corrected chi connectivity index (χ1v) is 12.8. The van der Waals surface area contributed by atoms with E-state index in [1.54, 1.807) is 0 Å². The molecule has 0 saturated carbocycles. The van der Waals surface area contributed by atoms with Crippen molar-refractivity contribution in [1.82, 2.24) is 9.62 Å². The Bertz CT molecular complexity index is 1160. The van der Waals surface area contributed by atoms with Crippen LogP contribution in [-0.4, -0.2) is 44.9 Å². The summed E-state index contributed by atoms with van der Waals surface area (Å²) < 4.78 is 65.5. The van der Waals surface area contributed by atoms with Crippen LogP contribution in [-0.2, 0) is 14.8 Å². The molecular formula is C24H28F2N2O5S. The van der Waals surface area contributed by atoms with Gasteiger partial charge in [-0.3, -0.25) is 4.79 Å². The Balaban J connectivity index is 1.42. The van der Waals surface area contributed by atoms with E-state index in [0.717, 1.165) is 22.0 Å². The molecule has 1 fully saturated rings. The van der Waals surface area contributed by atoms with Gasteiger partial charge in [0.2, 0.25) is 15.9 Å². The third-order valence-electron chi connectivity index (χ3n) is 6.23. The van der Waals surface area contributed by atoms with Gasteiger partial charge in [-0.15, -0.1) is 0 Å². The first-order valence-electron chi connectivity index (χ1n) is 11.3. The number of carbonyl (C=O) groups is 1. The second-order valence-corrected chi connectivity index (χ2v) is 10.8. The minimum atomic E-state index is -4.19. The minimum absolute atomic E-state index is 0.0484. The van der Waals surface area contributed by atoms with Crippen molar-refractivity contribution in [3.05, 3.63) is 53.6 Å². The summed E-state index contributed by atoms with van der Waals surface area (Å²) in [6, 6.07) is 7.71. The van der Waals surface area contributed by atoms with Gasteiger partial charge in [-0.2, -0.15) is 4.31 Å². The molecule has 1 saturated heterocycles. The fourth-order valence-electron chi connectivity index (χ4n) is 4.33. The summed E-state index contributed by atoms with van der Waals surface area (Å²) in [4.78, 5) is 12.4. The standard InChI is InChI=1S/C24H28F2N2O5S/c1-15(2)23(17-3-6-20-21(13-17)33-12-11-32-20)27-24(29)16-7-9-28(10-8-16)34(30,31)22-14-18(25)4-5-19(22)26/h3-6,13-16,23H,7-12H2,1-2H3,(H,27,29). The highest BCUT2D eigenvalue weighted by Gasteiger charge is 2.34. The van der Waals surface area contributed by atoms with Gasteiger partial charge in [0.25, 0.3) is 0 Å². The number of nitrogens with zero attached hydrogens (tertiary/aromatic N) is 1. The van der Waals surface area contributed by atoms with Gasteiger partial charge in [0.1, 0.15) is 29.7 Å². The maximum atomic E-state index is 14.1. The van der Waals surface area contributed by atoms with Gasteiger partial charge < -0.3 is 14.8 Å². The molecule has 34 heavy (non-hydrogen) atoms. The Hall–Kier alpha value is -2.72. The van der Waals surface area contributed by atoms with Crippen molar-refractivity contribution in [2.24, 2.45) is 11.8 Å². The van der Waals surface area contributed by atoms with Crippen LogP contribution in [0.3, 0.4) is 0 Å². The number of rotatable bonds is 6. The number of halogens is 2. The Morgan fingerprint density at radius 1 is 1.03 bits per heavy atom. The average Bonchev–Trinajstić information content (AvgIpc) is 2.83. The van der Waals surface area contributed by atoms with E-state index in [4.69, 9.17) is 9.47 Å². The lowest BCUT2D eigenvalue weighted by atomic mass is 9.92. The molecule has 1 atom stereocenters. The predicted molar refractivity (Wildman–Crippen MR) is 121 cm³/mol. The van der Waals surface area contributed by atoms with Crippen molar-refractivity contribution < 1.29 is 31.5 Å². The number of carbonyl (C=O) groups excluding carboxylic acids is 1. The van der Waals surface area contributed by atoms with Crippen molar-refractivity contribution in [2.75, 3.05) is 26.3 Å². The molecule has 0 radical (unpaired) electrons. The van der Waals surface area contributed by atoms with Gasteiger partial charge in [-0.05, 0) is 54.7 Å². The smallest absolute Gasteiger partial charge is 0.246 e. The Morgan fingerprint density at radius 2 is 1.71 bits per heavy atom. The highest BCUT2D eigenvalue weighted by molar-refractivity contribution is 7.89. The number of ether oxygens (including phenoxy) is 2. The van der Waals surface area contributed by atoms with Crippen molar-refractivity contribution in [3.63, 3.8) is 0 Å². The van der Waals surface area contributed by atoms with Crippen molar-refractivity contribution >= 4 is 15.9 Å². The molecule has 2 aliphatic heterocycles. The third-order valence-corrected chi connectivity index (χ3v) is 8.14. The normalized spacial score (nSPS) is 18.0. The summed E-state index contributed by atoms with van der Waals surface area (Å²) in [6.45, 7) is 5.07. The maximum Gasteiger partial charge on any atom is 0.246 e. The number of hydrogen-bond acceptors (Lipinski definition) is 5. The Morgan fingerprint density at radius 3 is 2.38 bits per heavy atom. The fraction of sp³-hybridized carbons (Fsp3) is 0.458. The lowest BCUT2D eigenvalue weighted by molar-refractivity contribution is -0.127. The zero-order chi connectivity index (χ0) is 24.5. The van der Waals surface area contributed by atoms with Gasteiger partial charge in [0.15, 0.2) is 11.5 Å². The topological polar surface area (TPSA) is 84.9 Å². The fourth-order valence-corrected chi connectivity index (χ4v) is 5.88. The van der Waals surface area contributed by atoms with Crippen LogP contribution in [0.2, 0.25) is 0 Å². The highest BCUT2D eigenvalue weighted by Crippen LogP contribution is 2.35. The van der Waals surface area contributed by atoms with E-state index in [1.165, 1.54) is 0 Å². The Labute approximate surface area is 198 Å². The van der Waals surface area contributed by atoms with Crippen LogP contribution in [0, 0.1) is 23.5 Å². The summed E-state index contributed by atoms with van der Waals surface area (Å²) >= 11 is 0. The molecule has 0 spiro atoms. The molecule has 184 valence electrons. The van der Waals surface area contributed by atoms with Gasteiger partial charge in [-0.25, -0.2) is 17.2 Å². The first kappa shape index (κ1) is 24.4. The van der Waals surface area contributed by atoms with E-state index in [0.29, 0.717) is 30.8 Å². The summed E-state index contributed by atoms with van der Waals surface area (Å²) in [6.07, 6.45) is 0.571.